The lowest BCUT2D eigenvalue weighted by molar-refractivity contribution is -0.379. The van der Waals surface area contributed by atoms with Gasteiger partial charge in [0.2, 0.25) is 0 Å². The molecule has 1 aromatic heterocycles. The molecule has 8 heteroatoms. The number of nitrogens with two attached hydrogens (primary N) is 1. The van der Waals surface area contributed by atoms with Crippen LogP contribution in [0.15, 0.2) is 23.3 Å². The maximum atomic E-state index is 12.1. The van der Waals surface area contributed by atoms with E-state index in [0.717, 1.165) is 16.7 Å². The number of aromatic amines is 1. The molecule has 0 bridgehead atoms. The van der Waals surface area contributed by atoms with E-state index < -0.39 is 5.91 Å². The molecule has 0 unspecified atom stereocenters. The predicted octanol–water partition coefficient (Wildman–Crippen LogP) is 3.42. The molecule has 1 amide bonds. The van der Waals surface area contributed by atoms with Gasteiger partial charge < -0.3 is 5.73 Å². The molecular weight excluding hydrogens is 359 g/mol. The van der Waals surface area contributed by atoms with E-state index in [1.54, 1.807) is 6.21 Å². The molecule has 0 saturated carbocycles. The summed E-state index contributed by atoms with van der Waals surface area (Å²) in [5, 5.41) is 4.00. The Morgan fingerprint density at radius 2 is 1.96 bits per heavy atom. The Labute approximate surface area is 148 Å². The van der Waals surface area contributed by atoms with Gasteiger partial charge in [-0.1, -0.05) is 47.0 Å². The fourth-order valence-electron chi connectivity index (χ4n) is 1.84. The maximum Gasteiger partial charge on any atom is 0.337 e. The number of pyridine rings is 1. The highest BCUT2D eigenvalue weighted by Crippen LogP contribution is 2.31. The lowest BCUT2D eigenvalue weighted by Crippen LogP contribution is -2.28. The van der Waals surface area contributed by atoms with Crippen molar-refractivity contribution in [3.8, 4) is 0 Å². The van der Waals surface area contributed by atoms with E-state index in [4.69, 9.17) is 40.5 Å². The third kappa shape index (κ3) is 3.93. The van der Waals surface area contributed by atoms with Crippen molar-refractivity contribution in [2.24, 2.45) is 5.10 Å². The molecule has 0 radical (unpaired) electrons. The van der Waals surface area contributed by atoms with Crippen molar-refractivity contribution < 1.29 is 9.78 Å². The summed E-state index contributed by atoms with van der Waals surface area (Å²) in [6.45, 7) is 3.93. The molecule has 1 heterocycles. The zero-order chi connectivity index (χ0) is 17.1. The van der Waals surface area contributed by atoms with Gasteiger partial charge in [0.1, 0.15) is 10.0 Å². The number of hydrazone groups is 1. The SMILES string of the molecule is Cc1ccc(C)c(/C=N\NC(=O)c2[nH+]c(Cl)c(Cl)c(N)c2Cl)c1. The van der Waals surface area contributed by atoms with E-state index >= 15 is 0 Å². The molecule has 4 N–H and O–H groups in total. The van der Waals surface area contributed by atoms with Crippen molar-refractivity contribution in [2.45, 2.75) is 13.8 Å². The molecule has 0 aliphatic rings. The van der Waals surface area contributed by atoms with Crippen LogP contribution in [0.4, 0.5) is 5.69 Å². The average Bonchev–Trinajstić information content (AvgIpc) is 2.52. The van der Waals surface area contributed by atoms with E-state index in [0.29, 0.717) is 0 Å². The van der Waals surface area contributed by atoms with Crippen molar-refractivity contribution in [3.05, 3.63) is 55.8 Å². The second kappa shape index (κ2) is 7.17. The number of aromatic nitrogens is 1. The highest BCUT2D eigenvalue weighted by Gasteiger charge is 2.25. The number of anilines is 1. The monoisotopic (exact) mass is 371 g/mol. The highest BCUT2D eigenvalue weighted by atomic mass is 35.5. The normalized spacial score (nSPS) is 11.0. The van der Waals surface area contributed by atoms with Gasteiger partial charge in [-0.15, -0.1) is 0 Å². The number of nitrogen functional groups attached to an aromatic ring is 1. The minimum Gasteiger partial charge on any atom is -0.396 e. The molecule has 0 aliphatic carbocycles. The van der Waals surface area contributed by atoms with Gasteiger partial charge in [-0.2, -0.15) is 10.1 Å². The van der Waals surface area contributed by atoms with Crippen molar-refractivity contribution in [3.63, 3.8) is 0 Å². The van der Waals surface area contributed by atoms with Gasteiger partial charge in [-0.05, 0) is 36.6 Å². The van der Waals surface area contributed by atoms with Crippen LogP contribution in [0, 0.1) is 13.8 Å². The van der Waals surface area contributed by atoms with Gasteiger partial charge in [0.25, 0.3) is 10.8 Å². The predicted molar refractivity (Wildman–Crippen MR) is 93.4 cm³/mol. The van der Waals surface area contributed by atoms with E-state index in [-0.39, 0.29) is 26.6 Å². The molecule has 0 aliphatic heterocycles. The summed E-state index contributed by atoms with van der Waals surface area (Å²) in [4.78, 5) is 14.7. The summed E-state index contributed by atoms with van der Waals surface area (Å²) in [5.74, 6) is -0.582. The lowest BCUT2D eigenvalue weighted by Gasteiger charge is -2.03. The third-order valence-corrected chi connectivity index (χ3v) is 4.32. The molecule has 0 fully saturated rings. The standard InChI is InChI=1S/C15H13Cl3N4O/c1-7-3-4-8(2)9(5-7)6-20-22-15(23)13-10(16)12(19)11(17)14(18)21-13/h3-6H,1-2H3,(H2,19,21)(H,22,23)/p+1/b20-6-. The zero-order valence-electron chi connectivity index (χ0n) is 12.4. The Morgan fingerprint density at radius 1 is 1.26 bits per heavy atom. The van der Waals surface area contributed by atoms with Gasteiger partial charge in [0.05, 0.1) is 11.9 Å². The van der Waals surface area contributed by atoms with Crippen LogP contribution in [0.2, 0.25) is 15.2 Å². The summed E-state index contributed by atoms with van der Waals surface area (Å²) in [6, 6.07) is 5.93. The van der Waals surface area contributed by atoms with Crippen LogP contribution in [0.3, 0.4) is 0 Å². The Hall–Kier alpha value is -1.82. The number of halogens is 3. The first kappa shape index (κ1) is 17.5. The molecule has 2 rings (SSSR count). The van der Waals surface area contributed by atoms with Crippen LogP contribution in [0.1, 0.15) is 27.2 Å². The van der Waals surface area contributed by atoms with Gasteiger partial charge >= 0.3 is 5.91 Å². The third-order valence-electron chi connectivity index (χ3n) is 3.15. The summed E-state index contributed by atoms with van der Waals surface area (Å²) < 4.78 is 0. The number of carbonyl (C=O) groups excluding carboxylic acids is 1. The number of rotatable bonds is 3. The number of hydrogen-bond donors (Lipinski definition) is 2. The number of benzene rings is 1. The van der Waals surface area contributed by atoms with Crippen LogP contribution >= 0.6 is 34.8 Å². The molecule has 1 aromatic carbocycles. The second-order valence-electron chi connectivity index (χ2n) is 4.91. The molecule has 5 nitrogen and oxygen atoms in total. The van der Waals surface area contributed by atoms with Crippen LogP contribution in [0.25, 0.3) is 0 Å². The number of hydrogen-bond acceptors (Lipinski definition) is 3. The number of nitrogens with zero attached hydrogens (tertiary/aromatic N) is 1. The van der Waals surface area contributed by atoms with Gasteiger partial charge in [-0.25, -0.2) is 5.43 Å². The fourth-order valence-corrected chi connectivity index (χ4v) is 2.45. The number of H-pyrrole nitrogens is 1. The number of nitrogens with one attached hydrogen (secondary N) is 2. The van der Waals surface area contributed by atoms with E-state index in [9.17, 15) is 4.79 Å². The Bertz CT molecular complexity index is 806. The van der Waals surface area contributed by atoms with Crippen LogP contribution in [-0.4, -0.2) is 12.1 Å². The lowest BCUT2D eigenvalue weighted by atomic mass is 10.1. The molecule has 0 spiro atoms. The fraction of sp³-hybridized carbons (Fsp3) is 0.133. The molecule has 120 valence electrons. The van der Waals surface area contributed by atoms with Crippen LogP contribution < -0.4 is 16.1 Å². The molecule has 2 aromatic rings. The Balaban J connectivity index is 2.20. The summed E-state index contributed by atoms with van der Waals surface area (Å²) >= 11 is 17.7. The average molecular weight is 373 g/mol. The smallest absolute Gasteiger partial charge is 0.337 e. The maximum absolute atomic E-state index is 12.1. The molecule has 0 atom stereocenters. The quantitative estimate of drug-likeness (QED) is 0.491. The first-order valence-electron chi connectivity index (χ1n) is 6.57. The number of aryl methyl sites for hydroxylation is 2. The van der Waals surface area contributed by atoms with Crippen molar-refractivity contribution in [1.29, 1.82) is 0 Å². The number of carbonyl (C=O) groups is 1. The Kier molecular flexibility index (Phi) is 5.46. The van der Waals surface area contributed by atoms with E-state index in [1.807, 2.05) is 32.0 Å². The van der Waals surface area contributed by atoms with Crippen molar-refractivity contribution >= 4 is 52.6 Å². The van der Waals surface area contributed by atoms with Crippen molar-refractivity contribution in [1.82, 2.24) is 5.43 Å². The van der Waals surface area contributed by atoms with Crippen LogP contribution in [-0.2, 0) is 0 Å². The van der Waals surface area contributed by atoms with Gasteiger partial charge in [0, 0.05) is 0 Å². The second-order valence-corrected chi connectivity index (χ2v) is 6.05. The van der Waals surface area contributed by atoms with Gasteiger partial charge in [0.15, 0.2) is 0 Å². The first-order chi connectivity index (χ1) is 10.8. The van der Waals surface area contributed by atoms with Crippen molar-refractivity contribution in [2.75, 3.05) is 5.73 Å². The summed E-state index contributed by atoms with van der Waals surface area (Å²) in [6.07, 6.45) is 1.55. The van der Waals surface area contributed by atoms with Crippen LogP contribution in [0.5, 0.6) is 0 Å². The largest absolute Gasteiger partial charge is 0.396 e. The Morgan fingerprint density at radius 3 is 2.65 bits per heavy atom. The van der Waals surface area contributed by atoms with E-state index in [2.05, 4.69) is 15.5 Å². The zero-order valence-corrected chi connectivity index (χ0v) is 14.6. The molecular formula is C15H14Cl3N4O+. The summed E-state index contributed by atoms with van der Waals surface area (Å²) in [7, 11) is 0. The summed E-state index contributed by atoms with van der Waals surface area (Å²) in [5.41, 5.74) is 11.1. The first-order valence-corrected chi connectivity index (χ1v) is 7.70. The molecule has 0 saturated heterocycles. The highest BCUT2D eigenvalue weighted by molar-refractivity contribution is 6.45. The van der Waals surface area contributed by atoms with Gasteiger partial charge in [-0.3, -0.25) is 4.79 Å². The topological polar surface area (TPSA) is 81.6 Å². The number of amides is 1. The molecule has 23 heavy (non-hydrogen) atoms. The van der Waals surface area contributed by atoms with E-state index in [1.165, 1.54) is 0 Å². The minimum absolute atomic E-state index is 0.0150. The minimum atomic E-state index is -0.582.